The molecule has 0 spiro atoms. The number of fused-ring (bicyclic) bond motifs is 1. The van der Waals surface area contributed by atoms with Crippen LogP contribution in [0.5, 0.6) is 11.5 Å². The molecule has 0 amide bonds. The summed E-state index contributed by atoms with van der Waals surface area (Å²) in [4.78, 5) is -1.19. The van der Waals surface area contributed by atoms with Gasteiger partial charge in [0.15, 0.2) is 0 Å². The summed E-state index contributed by atoms with van der Waals surface area (Å²) in [5.74, 6) is -1.35. The normalized spacial score (nSPS) is 11.4. The summed E-state index contributed by atoms with van der Waals surface area (Å²) in [6.45, 7) is 0. The largest absolute Gasteiger partial charge is 2.00 e. The van der Waals surface area contributed by atoms with Crippen molar-refractivity contribution in [1.29, 1.82) is 0 Å². The Labute approximate surface area is 232 Å². The molecule has 0 aliphatic rings. The molecule has 0 aliphatic carbocycles. The van der Waals surface area contributed by atoms with E-state index in [4.69, 9.17) is 0 Å². The second-order valence-corrected chi connectivity index (χ2v) is 8.29. The van der Waals surface area contributed by atoms with Crippen LogP contribution in [0.2, 0.25) is 0 Å². The molecule has 0 atom stereocenters. The zero-order valence-electron chi connectivity index (χ0n) is 15.9. The fourth-order valence-corrected chi connectivity index (χ4v) is 3.36. The Morgan fingerprint density at radius 1 is 0.677 bits per heavy atom. The summed E-state index contributed by atoms with van der Waals surface area (Å²) < 4.78 is 66.5. The predicted octanol–water partition coefficient (Wildman–Crippen LogP) is -4.78. The second-order valence-electron chi connectivity index (χ2n) is 5.53. The Hall–Kier alpha value is -0.541. The van der Waals surface area contributed by atoms with E-state index in [2.05, 4.69) is 10.2 Å². The molecule has 31 heavy (non-hydrogen) atoms. The van der Waals surface area contributed by atoms with Crippen LogP contribution in [0.3, 0.4) is 0 Å². The van der Waals surface area contributed by atoms with Crippen molar-refractivity contribution in [2.75, 3.05) is 0 Å². The molecule has 0 aromatic heterocycles. The van der Waals surface area contributed by atoms with Gasteiger partial charge in [-0.05, 0) is 29.7 Å². The Balaban J connectivity index is 0.00000300. The van der Waals surface area contributed by atoms with E-state index in [0.29, 0.717) is 0 Å². The van der Waals surface area contributed by atoms with Crippen molar-refractivity contribution in [3.05, 3.63) is 48.5 Å². The standard InChI is InChI=1S/C16H12N2O8S2.Cu.2Na/c19-14-6-3-11(28(24,25)26)8-13(14)17-18-16-12-4-2-10(27(21,22)23)7-9(12)1-5-15(16)20;;;/h1-8,19-20H,(H,21,22,23)(H,24,25,26);;;/q;+2;2*+1/p-4. The molecule has 0 saturated carbocycles. The third-order valence-electron chi connectivity index (χ3n) is 3.69. The molecule has 0 fully saturated rings. The Morgan fingerprint density at radius 2 is 1.19 bits per heavy atom. The number of hydrogen-bond acceptors (Lipinski definition) is 10. The van der Waals surface area contributed by atoms with Crippen molar-refractivity contribution >= 4 is 42.4 Å². The maximum Gasteiger partial charge on any atom is 2.00 e. The van der Waals surface area contributed by atoms with Crippen LogP contribution in [-0.4, -0.2) is 25.9 Å². The minimum absolute atomic E-state index is 0. The number of rotatable bonds is 4. The molecule has 3 rings (SSSR count). The molecule has 15 heteroatoms. The molecule has 10 nitrogen and oxygen atoms in total. The van der Waals surface area contributed by atoms with Crippen molar-refractivity contribution in [1.82, 2.24) is 0 Å². The van der Waals surface area contributed by atoms with E-state index in [1.807, 2.05) is 0 Å². The summed E-state index contributed by atoms with van der Waals surface area (Å²) in [6, 6.07) is 7.96. The molecule has 155 valence electrons. The van der Waals surface area contributed by atoms with Crippen LogP contribution in [0.25, 0.3) is 10.8 Å². The van der Waals surface area contributed by atoms with Crippen molar-refractivity contribution in [2.45, 2.75) is 9.79 Å². The average Bonchev–Trinajstić information content (AvgIpc) is 2.60. The van der Waals surface area contributed by atoms with E-state index in [1.54, 1.807) is 0 Å². The zero-order valence-corrected chi connectivity index (χ0v) is 22.5. The monoisotopic (exact) mass is 529 g/mol. The van der Waals surface area contributed by atoms with Crippen LogP contribution >= 0.6 is 0 Å². The molecule has 0 aliphatic heterocycles. The summed E-state index contributed by atoms with van der Waals surface area (Å²) in [7, 11) is -9.53. The minimum atomic E-state index is -4.83. The fourth-order valence-electron chi connectivity index (χ4n) is 2.36. The first-order valence-corrected chi connectivity index (χ1v) is 10.2. The summed E-state index contributed by atoms with van der Waals surface area (Å²) in [5, 5.41) is 31.5. The third kappa shape index (κ3) is 7.22. The fraction of sp³-hybridized carbons (Fsp3) is 0. The zero-order chi connectivity index (χ0) is 20.7. The number of hydrogen-bond donors (Lipinski definition) is 0. The minimum Gasteiger partial charge on any atom is -0.871 e. The Kier molecular flexibility index (Phi) is 11.3. The molecule has 0 saturated heterocycles. The van der Waals surface area contributed by atoms with Gasteiger partial charge in [-0.15, -0.1) is 0 Å². The van der Waals surface area contributed by atoms with Crippen LogP contribution in [0.4, 0.5) is 11.4 Å². The van der Waals surface area contributed by atoms with Crippen LogP contribution in [-0.2, 0) is 37.3 Å². The number of benzene rings is 3. The first kappa shape index (κ1) is 30.5. The van der Waals surface area contributed by atoms with Gasteiger partial charge in [-0.25, -0.2) is 16.8 Å². The van der Waals surface area contributed by atoms with E-state index < -0.39 is 47.2 Å². The molecule has 1 radical (unpaired) electrons. The molecular formula is C16H8CuN2Na2O8S2. The van der Waals surface area contributed by atoms with E-state index in [1.165, 1.54) is 12.1 Å². The molecule has 0 heterocycles. The molecule has 3 aromatic rings. The van der Waals surface area contributed by atoms with Crippen molar-refractivity contribution in [2.24, 2.45) is 10.2 Å². The topological polar surface area (TPSA) is 185 Å². The van der Waals surface area contributed by atoms with Crippen LogP contribution in [0, 0.1) is 0 Å². The van der Waals surface area contributed by atoms with E-state index >= 15 is 0 Å². The Bertz CT molecular complexity index is 1350. The second kappa shape index (κ2) is 11.5. The van der Waals surface area contributed by atoms with Crippen molar-refractivity contribution in [3.63, 3.8) is 0 Å². The summed E-state index contributed by atoms with van der Waals surface area (Å²) >= 11 is 0. The van der Waals surface area contributed by atoms with Crippen LogP contribution in [0.1, 0.15) is 0 Å². The van der Waals surface area contributed by atoms with Gasteiger partial charge in [0, 0.05) is 5.39 Å². The van der Waals surface area contributed by atoms with Crippen molar-refractivity contribution in [3.8, 4) is 11.5 Å². The maximum absolute atomic E-state index is 12.1. The summed E-state index contributed by atoms with van der Waals surface area (Å²) in [6.07, 6.45) is 0. The van der Waals surface area contributed by atoms with Crippen LogP contribution < -0.4 is 69.3 Å². The van der Waals surface area contributed by atoms with Gasteiger partial charge in [-0.2, -0.15) is 10.2 Å². The van der Waals surface area contributed by atoms with Gasteiger partial charge >= 0.3 is 76.2 Å². The van der Waals surface area contributed by atoms with E-state index in [-0.39, 0.29) is 92.6 Å². The number of azo groups is 1. The van der Waals surface area contributed by atoms with Gasteiger partial charge in [0.25, 0.3) is 0 Å². The molecule has 0 unspecified atom stereocenters. The molecule has 0 N–H and O–H groups in total. The third-order valence-corrected chi connectivity index (χ3v) is 5.35. The molecular weight excluding hydrogens is 522 g/mol. The summed E-state index contributed by atoms with van der Waals surface area (Å²) in [5.41, 5.74) is -0.741. The molecule has 0 bridgehead atoms. The van der Waals surface area contributed by atoms with Gasteiger partial charge in [-0.1, -0.05) is 35.8 Å². The first-order chi connectivity index (χ1) is 13.0. The first-order valence-electron chi connectivity index (χ1n) is 7.35. The Morgan fingerprint density at radius 3 is 1.77 bits per heavy atom. The van der Waals surface area contributed by atoms with Gasteiger partial charge < -0.3 is 19.3 Å². The quantitative estimate of drug-likeness (QED) is 0.183. The van der Waals surface area contributed by atoms with Gasteiger partial charge in [0.1, 0.15) is 20.2 Å². The van der Waals surface area contributed by atoms with Crippen LogP contribution in [0.15, 0.2) is 68.6 Å². The van der Waals surface area contributed by atoms with Crippen molar-refractivity contribution < 1.29 is 112 Å². The SMILES string of the molecule is O=S(=O)([O-])c1ccc([O-])c(N=Nc2c([O-])ccc3cc(S(=O)(=O)[O-])ccc23)c1.[Cu+2].[Na+].[Na+]. The molecule has 3 aromatic carbocycles. The predicted molar refractivity (Wildman–Crippen MR) is 89.4 cm³/mol. The van der Waals surface area contributed by atoms with Gasteiger partial charge in [0.2, 0.25) is 0 Å². The number of nitrogens with zero attached hydrogens (tertiary/aromatic N) is 2. The average molecular weight is 530 g/mol. The van der Waals surface area contributed by atoms with E-state index in [0.717, 1.165) is 36.4 Å². The smallest absolute Gasteiger partial charge is 0.871 e. The maximum atomic E-state index is 12.1. The van der Waals surface area contributed by atoms with E-state index in [9.17, 15) is 36.2 Å². The van der Waals surface area contributed by atoms with Gasteiger partial charge in [-0.3, -0.25) is 0 Å². The van der Waals surface area contributed by atoms with Gasteiger partial charge in [0.05, 0.1) is 21.2 Å².